The summed E-state index contributed by atoms with van der Waals surface area (Å²) in [6.45, 7) is 0.284. The second-order valence-electron chi connectivity index (χ2n) is 5.80. The van der Waals surface area contributed by atoms with E-state index in [1.807, 2.05) is 53.9 Å². The molecule has 6 heteroatoms. The molecule has 5 nitrogen and oxygen atoms in total. The lowest BCUT2D eigenvalue weighted by atomic mass is 10.1. The third kappa shape index (κ3) is 3.14. The van der Waals surface area contributed by atoms with Gasteiger partial charge in [-0.15, -0.1) is 11.3 Å². The lowest BCUT2D eigenvalue weighted by Gasteiger charge is -2.06. The van der Waals surface area contributed by atoms with Gasteiger partial charge in [-0.05, 0) is 17.7 Å². The zero-order valence-corrected chi connectivity index (χ0v) is 14.5. The molecule has 0 aliphatic carbocycles. The molecular weight excluding hydrogens is 346 g/mol. The highest BCUT2D eigenvalue weighted by Gasteiger charge is 2.19. The molecule has 2 N–H and O–H groups in total. The summed E-state index contributed by atoms with van der Waals surface area (Å²) in [5.41, 5.74) is 3.13. The fraction of sp³-hybridized carbons (Fsp3) is 0.0500. The van der Waals surface area contributed by atoms with Crippen LogP contribution in [0.1, 0.15) is 15.9 Å². The number of hydrogen-bond acceptors (Lipinski definition) is 4. The Morgan fingerprint density at radius 3 is 2.85 bits per heavy atom. The number of carbonyl (C=O) groups is 2. The Labute approximate surface area is 153 Å². The van der Waals surface area contributed by atoms with Crippen LogP contribution in [0.5, 0.6) is 0 Å². The maximum Gasteiger partial charge on any atom is 0.292 e. The number of aromatic amines is 1. The number of Topliss-reactive ketones (excluding diaryl/α,β-unsaturated/α-hetero) is 1. The second kappa shape index (κ2) is 6.93. The first-order valence-electron chi connectivity index (χ1n) is 8.10. The van der Waals surface area contributed by atoms with Gasteiger partial charge in [-0.2, -0.15) is 0 Å². The average molecular weight is 361 g/mol. The van der Waals surface area contributed by atoms with Crippen molar-refractivity contribution in [1.29, 1.82) is 0 Å². The molecule has 0 unspecified atom stereocenters. The van der Waals surface area contributed by atoms with Crippen LogP contribution >= 0.6 is 11.3 Å². The monoisotopic (exact) mass is 361 g/mol. The number of para-hydroxylation sites is 1. The van der Waals surface area contributed by atoms with Gasteiger partial charge in [0, 0.05) is 40.8 Å². The summed E-state index contributed by atoms with van der Waals surface area (Å²) in [5.74, 6) is -1.16. The molecule has 0 saturated heterocycles. The van der Waals surface area contributed by atoms with Crippen LogP contribution in [-0.4, -0.2) is 21.7 Å². The summed E-state index contributed by atoms with van der Waals surface area (Å²) in [7, 11) is 0. The number of ketones is 1. The number of nitrogens with one attached hydrogen (secondary N) is 2. The van der Waals surface area contributed by atoms with E-state index in [-0.39, 0.29) is 6.54 Å². The number of hydrogen-bond donors (Lipinski definition) is 2. The van der Waals surface area contributed by atoms with Gasteiger partial charge >= 0.3 is 0 Å². The van der Waals surface area contributed by atoms with Crippen LogP contribution in [0.4, 0.5) is 0 Å². The Balaban J connectivity index is 1.47. The number of rotatable bonds is 5. The van der Waals surface area contributed by atoms with Gasteiger partial charge in [-0.1, -0.05) is 36.4 Å². The van der Waals surface area contributed by atoms with Gasteiger partial charge in [0.2, 0.25) is 0 Å². The standard InChI is InChI=1S/C20H15N3O2S/c24-18(16-12-22-17-7-2-1-6-15(16)17)19(25)23-11-13-4-3-5-14(10-13)20-21-8-9-26-20/h1-10,12,22H,11H2,(H,23,25). The molecule has 2 heterocycles. The SMILES string of the molecule is O=C(NCc1cccc(-c2nccs2)c1)C(=O)c1c[nH]c2ccccc12. The maximum absolute atomic E-state index is 12.5. The first kappa shape index (κ1) is 16.2. The van der Waals surface area contributed by atoms with E-state index in [4.69, 9.17) is 0 Å². The predicted octanol–water partition coefficient (Wildman–Crippen LogP) is 3.79. The van der Waals surface area contributed by atoms with Crippen molar-refractivity contribution in [3.63, 3.8) is 0 Å². The molecule has 4 rings (SSSR count). The van der Waals surface area contributed by atoms with Gasteiger partial charge in [0.25, 0.3) is 11.7 Å². The van der Waals surface area contributed by atoms with Gasteiger partial charge in [0.1, 0.15) is 5.01 Å². The zero-order valence-electron chi connectivity index (χ0n) is 13.7. The topological polar surface area (TPSA) is 74.8 Å². The van der Waals surface area contributed by atoms with E-state index in [0.29, 0.717) is 5.56 Å². The minimum atomic E-state index is -0.616. The molecule has 0 atom stereocenters. The van der Waals surface area contributed by atoms with E-state index >= 15 is 0 Å². The first-order valence-corrected chi connectivity index (χ1v) is 8.98. The summed E-state index contributed by atoms with van der Waals surface area (Å²) in [4.78, 5) is 32.0. The molecular formula is C20H15N3O2S. The highest BCUT2D eigenvalue weighted by atomic mass is 32.1. The smallest absolute Gasteiger partial charge is 0.292 e. The molecule has 2 aromatic carbocycles. The maximum atomic E-state index is 12.5. The Morgan fingerprint density at radius 1 is 1.12 bits per heavy atom. The quantitative estimate of drug-likeness (QED) is 0.419. The molecule has 2 aromatic heterocycles. The Morgan fingerprint density at radius 2 is 2.00 bits per heavy atom. The molecule has 0 spiro atoms. The van der Waals surface area contributed by atoms with Crippen molar-refractivity contribution >= 4 is 33.9 Å². The minimum absolute atomic E-state index is 0.284. The summed E-state index contributed by atoms with van der Waals surface area (Å²) in [6.07, 6.45) is 3.34. The molecule has 0 radical (unpaired) electrons. The number of H-pyrrole nitrogens is 1. The minimum Gasteiger partial charge on any atom is -0.360 e. The normalized spacial score (nSPS) is 10.8. The van der Waals surface area contributed by atoms with Crippen molar-refractivity contribution < 1.29 is 9.59 Å². The summed E-state index contributed by atoms with van der Waals surface area (Å²) >= 11 is 1.56. The molecule has 0 aliphatic rings. The number of thiazole rings is 1. The van der Waals surface area contributed by atoms with Gasteiger partial charge in [-0.25, -0.2) is 4.98 Å². The van der Waals surface area contributed by atoms with Crippen LogP contribution in [-0.2, 0) is 11.3 Å². The largest absolute Gasteiger partial charge is 0.360 e. The third-order valence-corrected chi connectivity index (χ3v) is 4.92. The van der Waals surface area contributed by atoms with Crippen molar-refractivity contribution in [1.82, 2.24) is 15.3 Å². The van der Waals surface area contributed by atoms with Gasteiger partial charge < -0.3 is 10.3 Å². The molecule has 0 saturated carbocycles. The van der Waals surface area contributed by atoms with Crippen LogP contribution in [0.2, 0.25) is 0 Å². The van der Waals surface area contributed by atoms with Gasteiger partial charge in [0.05, 0.1) is 5.56 Å². The fourth-order valence-electron chi connectivity index (χ4n) is 2.82. The highest BCUT2D eigenvalue weighted by Crippen LogP contribution is 2.22. The molecule has 0 aliphatic heterocycles. The molecule has 128 valence electrons. The Kier molecular flexibility index (Phi) is 4.33. The number of nitrogens with zero attached hydrogens (tertiary/aromatic N) is 1. The van der Waals surface area contributed by atoms with Crippen molar-refractivity contribution in [3.05, 3.63) is 77.4 Å². The van der Waals surface area contributed by atoms with E-state index in [2.05, 4.69) is 15.3 Å². The number of carbonyl (C=O) groups excluding carboxylic acids is 2. The van der Waals surface area contributed by atoms with E-state index in [1.54, 1.807) is 23.7 Å². The molecule has 4 aromatic rings. The lowest BCUT2D eigenvalue weighted by molar-refractivity contribution is -0.117. The van der Waals surface area contributed by atoms with Crippen molar-refractivity contribution in [3.8, 4) is 10.6 Å². The summed E-state index contributed by atoms with van der Waals surface area (Å²) in [5, 5.41) is 6.30. The number of benzene rings is 2. The number of fused-ring (bicyclic) bond motifs is 1. The van der Waals surface area contributed by atoms with Crippen LogP contribution < -0.4 is 5.32 Å². The number of amides is 1. The number of aromatic nitrogens is 2. The molecule has 0 fully saturated rings. The van der Waals surface area contributed by atoms with Crippen molar-refractivity contribution in [2.75, 3.05) is 0 Å². The van der Waals surface area contributed by atoms with E-state index in [0.717, 1.165) is 27.0 Å². The van der Waals surface area contributed by atoms with Gasteiger partial charge in [0.15, 0.2) is 0 Å². The molecule has 0 bridgehead atoms. The van der Waals surface area contributed by atoms with Crippen LogP contribution in [0, 0.1) is 0 Å². The zero-order chi connectivity index (χ0) is 17.9. The van der Waals surface area contributed by atoms with E-state index < -0.39 is 11.7 Å². The Bertz CT molecular complexity index is 1080. The van der Waals surface area contributed by atoms with Crippen LogP contribution in [0.15, 0.2) is 66.3 Å². The van der Waals surface area contributed by atoms with Gasteiger partial charge in [-0.3, -0.25) is 9.59 Å². The average Bonchev–Trinajstić information content (AvgIpc) is 3.35. The third-order valence-electron chi connectivity index (χ3n) is 4.10. The molecule has 1 amide bonds. The fourth-order valence-corrected chi connectivity index (χ4v) is 3.46. The van der Waals surface area contributed by atoms with Crippen molar-refractivity contribution in [2.24, 2.45) is 0 Å². The van der Waals surface area contributed by atoms with Crippen LogP contribution in [0.3, 0.4) is 0 Å². The predicted molar refractivity (Wildman–Crippen MR) is 102 cm³/mol. The lowest BCUT2D eigenvalue weighted by Crippen LogP contribution is -2.30. The summed E-state index contributed by atoms with van der Waals surface area (Å²) < 4.78 is 0. The van der Waals surface area contributed by atoms with Crippen LogP contribution in [0.25, 0.3) is 21.5 Å². The highest BCUT2D eigenvalue weighted by molar-refractivity contribution is 7.13. The van der Waals surface area contributed by atoms with E-state index in [1.165, 1.54) is 0 Å². The summed E-state index contributed by atoms with van der Waals surface area (Å²) in [6, 6.07) is 15.2. The second-order valence-corrected chi connectivity index (χ2v) is 6.69. The first-order chi connectivity index (χ1) is 12.7. The Hall–Kier alpha value is -3.25. The van der Waals surface area contributed by atoms with E-state index in [9.17, 15) is 9.59 Å². The van der Waals surface area contributed by atoms with Crippen molar-refractivity contribution in [2.45, 2.75) is 6.54 Å². The molecule has 26 heavy (non-hydrogen) atoms.